The van der Waals surface area contributed by atoms with Gasteiger partial charge in [0.15, 0.2) is 5.69 Å². The predicted octanol–water partition coefficient (Wildman–Crippen LogP) is 3.07. The van der Waals surface area contributed by atoms with Crippen molar-refractivity contribution in [3.05, 3.63) is 90.3 Å². The molecular formula is C20H18N6O. The van der Waals surface area contributed by atoms with Crippen LogP contribution < -0.4 is 5.32 Å². The van der Waals surface area contributed by atoms with E-state index in [0.717, 1.165) is 16.9 Å². The summed E-state index contributed by atoms with van der Waals surface area (Å²) in [4.78, 5) is 16.5. The third kappa shape index (κ3) is 3.77. The maximum absolute atomic E-state index is 12.5. The van der Waals surface area contributed by atoms with Gasteiger partial charge in [0.2, 0.25) is 0 Å². The van der Waals surface area contributed by atoms with Gasteiger partial charge in [-0.3, -0.25) is 4.79 Å². The Kier molecular flexibility index (Phi) is 4.49. The third-order valence-electron chi connectivity index (χ3n) is 4.14. The number of anilines is 1. The van der Waals surface area contributed by atoms with Crippen LogP contribution >= 0.6 is 0 Å². The molecule has 0 saturated carbocycles. The molecule has 4 rings (SSSR count). The van der Waals surface area contributed by atoms with Crippen molar-refractivity contribution < 1.29 is 4.79 Å². The number of benzene rings is 2. The van der Waals surface area contributed by atoms with Crippen LogP contribution in [0.4, 0.5) is 5.69 Å². The fraction of sp³-hybridized carbons (Fsp3) is 0.100. The molecule has 0 fully saturated rings. The Labute approximate surface area is 156 Å². The molecule has 134 valence electrons. The molecule has 1 N–H and O–H groups in total. The quantitative estimate of drug-likeness (QED) is 0.595. The molecule has 2 aromatic carbocycles. The lowest BCUT2D eigenvalue weighted by molar-refractivity contribution is 0.102. The highest BCUT2D eigenvalue weighted by Crippen LogP contribution is 2.15. The first-order chi connectivity index (χ1) is 13.2. The van der Waals surface area contributed by atoms with E-state index >= 15 is 0 Å². The van der Waals surface area contributed by atoms with Gasteiger partial charge in [-0.2, -0.15) is 10.2 Å². The summed E-state index contributed by atoms with van der Waals surface area (Å²) < 4.78 is 3.50. The average Bonchev–Trinajstić information content (AvgIpc) is 3.34. The lowest BCUT2D eigenvalue weighted by Gasteiger charge is -2.06. The molecule has 2 aromatic heterocycles. The first-order valence-electron chi connectivity index (χ1n) is 8.54. The molecule has 0 radical (unpaired) electrons. The number of carbonyl (C=O) groups is 1. The van der Waals surface area contributed by atoms with E-state index in [4.69, 9.17) is 0 Å². The number of hydrogen-bond acceptors (Lipinski definition) is 4. The zero-order valence-corrected chi connectivity index (χ0v) is 14.8. The molecular weight excluding hydrogens is 340 g/mol. The van der Waals surface area contributed by atoms with Crippen LogP contribution in [0.5, 0.6) is 0 Å². The number of aromatic nitrogens is 5. The number of aryl methyl sites for hydroxylation is 1. The second-order valence-electron chi connectivity index (χ2n) is 6.16. The van der Waals surface area contributed by atoms with Crippen LogP contribution in [0.15, 0.2) is 73.3 Å². The predicted molar refractivity (Wildman–Crippen MR) is 102 cm³/mol. The zero-order valence-electron chi connectivity index (χ0n) is 14.8. The molecule has 7 heteroatoms. The summed E-state index contributed by atoms with van der Waals surface area (Å²) in [6.45, 7) is 2.56. The van der Waals surface area contributed by atoms with Crippen molar-refractivity contribution in [3.8, 4) is 5.69 Å². The van der Waals surface area contributed by atoms with Crippen molar-refractivity contribution in [2.45, 2.75) is 13.5 Å². The van der Waals surface area contributed by atoms with Gasteiger partial charge in [0.1, 0.15) is 12.7 Å². The van der Waals surface area contributed by atoms with Crippen molar-refractivity contribution in [2.75, 3.05) is 5.32 Å². The van der Waals surface area contributed by atoms with E-state index in [2.05, 4.69) is 20.5 Å². The molecule has 4 aromatic rings. The zero-order chi connectivity index (χ0) is 18.6. The van der Waals surface area contributed by atoms with Crippen molar-refractivity contribution >= 4 is 11.6 Å². The SMILES string of the molecule is Cc1cc(C(=O)Nc2ccc(Cn3cncn3)cc2)nn1-c1ccccc1. The number of hydrogen-bond donors (Lipinski definition) is 1. The van der Waals surface area contributed by atoms with E-state index in [1.54, 1.807) is 21.8 Å². The van der Waals surface area contributed by atoms with Crippen LogP contribution in [0.3, 0.4) is 0 Å². The first-order valence-corrected chi connectivity index (χ1v) is 8.54. The molecule has 0 saturated heterocycles. The summed E-state index contributed by atoms with van der Waals surface area (Å²) in [5.74, 6) is -0.239. The Bertz CT molecular complexity index is 1040. The molecule has 0 aliphatic heterocycles. The molecule has 0 aliphatic carbocycles. The van der Waals surface area contributed by atoms with Crippen LogP contribution in [0, 0.1) is 6.92 Å². The molecule has 0 spiro atoms. The van der Waals surface area contributed by atoms with Crippen molar-refractivity contribution in [3.63, 3.8) is 0 Å². The van der Waals surface area contributed by atoms with Crippen LogP contribution in [0.25, 0.3) is 5.69 Å². The van der Waals surface area contributed by atoms with Gasteiger partial charge in [-0.05, 0) is 42.8 Å². The molecule has 1 amide bonds. The number of carbonyl (C=O) groups excluding carboxylic acids is 1. The fourth-order valence-electron chi connectivity index (χ4n) is 2.81. The van der Waals surface area contributed by atoms with E-state index in [1.807, 2.05) is 61.5 Å². The first kappa shape index (κ1) is 16.7. The lowest BCUT2D eigenvalue weighted by Crippen LogP contribution is -2.13. The maximum Gasteiger partial charge on any atom is 0.276 e. The molecule has 27 heavy (non-hydrogen) atoms. The number of nitrogens with zero attached hydrogens (tertiary/aromatic N) is 5. The molecule has 0 aliphatic rings. The van der Waals surface area contributed by atoms with Gasteiger partial charge in [-0.1, -0.05) is 30.3 Å². The van der Waals surface area contributed by atoms with Gasteiger partial charge in [-0.25, -0.2) is 14.3 Å². The van der Waals surface area contributed by atoms with Crippen LogP contribution in [-0.2, 0) is 6.54 Å². The van der Waals surface area contributed by atoms with E-state index < -0.39 is 0 Å². The van der Waals surface area contributed by atoms with Gasteiger partial charge in [0, 0.05) is 11.4 Å². The van der Waals surface area contributed by atoms with Crippen LogP contribution in [0.2, 0.25) is 0 Å². The summed E-state index contributed by atoms with van der Waals surface area (Å²) in [5.41, 5.74) is 3.99. The van der Waals surface area contributed by atoms with E-state index in [9.17, 15) is 4.79 Å². The van der Waals surface area contributed by atoms with E-state index in [0.29, 0.717) is 17.9 Å². The number of rotatable bonds is 5. The monoisotopic (exact) mass is 358 g/mol. The van der Waals surface area contributed by atoms with Crippen LogP contribution in [-0.4, -0.2) is 30.5 Å². The molecule has 0 bridgehead atoms. The Morgan fingerprint density at radius 1 is 1.07 bits per heavy atom. The van der Waals surface area contributed by atoms with Gasteiger partial charge >= 0.3 is 0 Å². The molecule has 2 heterocycles. The van der Waals surface area contributed by atoms with Crippen molar-refractivity contribution in [1.82, 2.24) is 24.5 Å². The Balaban J connectivity index is 1.46. The van der Waals surface area contributed by atoms with E-state index in [1.165, 1.54) is 6.33 Å². The molecule has 0 unspecified atom stereocenters. The summed E-state index contributed by atoms with van der Waals surface area (Å²) >= 11 is 0. The largest absolute Gasteiger partial charge is 0.321 e. The standard InChI is InChI=1S/C20H18N6O/c1-15-11-19(24-26(15)18-5-3-2-4-6-18)20(27)23-17-9-7-16(8-10-17)12-25-14-21-13-22-25/h2-11,13-14H,12H2,1H3,(H,23,27). The van der Waals surface area contributed by atoms with Gasteiger partial charge in [0.05, 0.1) is 12.2 Å². The Morgan fingerprint density at radius 3 is 2.56 bits per heavy atom. The normalized spacial score (nSPS) is 10.7. The highest BCUT2D eigenvalue weighted by Gasteiger charge is 2.13. The topological polar surface area (TPSA) is 77.6 Å². The van der Waals surface area contributed by atoms with Crippen LogP contribution in [0.1, 0.15) is 21.7 Å². The average molecular weight is 358 g/mol. The number of para-hydroxylation sites is 1. The number of amides is 1. The number of nitrogens with one attached hydrogen (secondary N) is 1. The Hall–Kier alpha value is -3.74. The Morgan fingerprint density at radius 2 is 1.85 bits per heavy atom. The maximum atomic E-state index is 12.5. The fourth-order valence-corrected chi connectivity index (χ4v) is 2.81. The second kappa shape index (κ2) is 7.25. The third-order valence-corrected chi connectivity index (χ3v) is 4.14. The van der Waals surface area contributed by atoms with Crippen molar-refractivity contribution in [2.24, 2.45) is 0 Å². The van der Waals surface area contributed by atoms with E-state index in [-0.39, 0.29) is 5.91 Å². The van der Waals surface area contributed by atoms with Gasteiger partial charge in [-0.15, -0.1) is 0 Å². The second-order valence-corrected chi connectivity index (χ2v) is 6.16. The minimum atomic E-state index is -0.239. The summed E-state index contributed by atoms with van der Waals surface area (Å²) in [6.07, 6.45) is 3.17. The van der Waals surface area contributed by atoms with Gasteiger partial charge in [0.25, 0.3) is 5.91 Å². The summed E-state index contributed by atoms with van der Waals surface area (Å²) in [6, 6.07) is 19.1. The highest BCUT2D eigenvalue weighted by atomic mass is 16.1. The van der Waals surface area contributed by atoms with Gasteiger partial charge < -0.3 is 5.32 Å². The lowest BCUT2D eigenvalue weighted by atomic mass is 10.2. The van der Waals surface area contributed by atoms with Crippen molar-refractivity contribution in [1.29, 1.82) is 0 Å². The molecule has 7 nitrogen and oxygen atoms in total. The minimum Gasteiger partial charge on any atom is -0.321 e. The smallest absolute Gasteiger partial charge is 0.276 e. The summed E-state index contributed by atoms with van der Waals surface area (Å²) in [5, 5.41) is 11.4. The molecule has 0 atom stereocenters. The summed E-state index contributed by atoms with van der Waals surface area (Å²) in [7, 11) is 0. The highest BCUT2D eigenvalue weighted by molar-refractivity contribution is 6.02. The minimum absolute atomic E-state index is 0.239.